The lowest BCUT2D eigenvalue weighted by Crippen LogP contribution is -2.62. The molecule has 0 amide bonds. The summed E-state index contributed by atoms with van der Waals surface area (Å²) in [4.78, 5) is 13.6. The zero-order valence-corrected chi connectivity index (χ0v) is 12.9. The predicted molar refractivity (Wildman–Crippen MR) is 80.8 cm³/mol. The molecule has 0 saturated carbocycles. The first-order valence-corrected chi connectivity index (χ1v) is 7.77. The van der Waals surface area contributed by atoms with Crippen LogP contribution in [-0.2, 0) is 4.74 Å². The summed E-state index contributed by atoms with van der Waals surface area (Å²) in [5.74, 6) is 1.45. The van der Waals surface area contributed by atoms with Gasteiger partial charge in [0.05, 0.1) is 26.4 Å². The number of rotatable bonds is 4. The van der Waals surface area contributed by atoms with E-state index in [1.165, 1.54) is 12.8 Å². The van der Waals surface area contributed by atoms with Crippen molar-refractivity contribution in [2.45, 2.75) is 31.8 Å². The molecule has 0 N–H and O–H groups in total. The Hall–Kier alpha value is -1.40. The second-order valence-electron chi connectivity index (χ2n) is 5.71. The largest absolute Gasteiger partial charge is 0.478 e. The van der Waals surface area contributed by atoms with Gasteiger partial charge >= 0.3 is 0 Å². The molecular weight excluding hydrogens is 268 g/mol. The SMILES string of the molecule is CCC[C@H]1COC[C@H]2CN(c3nccnc3OC)CCN12. The van der Waals surface area contributed by atoms with Crippen LogP contribution in [0.5, 0.6) is 5.88 Å². The van der Waals surface area contributed by atoms with Crippen LogP contribution in [0.4, 0.5) is 5.82 Å². The Balaban J connectivity index is 1.72. The van der Waals surface area contributed by atoms with Crippen molar-refractivity contribution in [1.82, 2.24) is 14.9 Å². The molecule has 2 aliphatic heterocycles. The van der Waals surface area contributed by atoms with Crippen molar-refractivity contribution in [3.63, 3.8) is 0 Å². The van der Waals surface area contributed by atoms with Crippen LogP contribution >= 0.6 is 0 Å². The first kappa shape index (κ1) is 14.5. The summed E-state index contributed by atoms with van der Waals surface area (Å²) < 4.78 is 11.1. The van der Waals surface area contributed by atoms with Gasteiger partial charge in [-0.15, -0.1) is 0 Å². The summed E-state index contributed by atoms with van der Waals surface area (Å²) in [6.07, 6.45) is 5.81. The Bertz CT molecular complexity index is 469. The highest BCUT2D eigenvalue weighted by Gasteiger charge is 2.36. The van der Waals surface area contributed by atoms with Gasteiger partial charge in [0.15, 0.2) is 5.82 Å². The van der Waals surface area contributed by atoms with Crippen LogP contribution in [0.3, 0.4) is 0 Å². The van der Waals surface area contributed by atoms with E-state index in [0.29, 0.717) is 18.0 Å². The second kappa shape index (κ2) is 6.58. The molecular formula is C15H24N4O2. The minimum absolute atomic E-state index is 0.441. The Labute approximate surface area is 126 Å². The first-order chi connectivity index (χ1) is 10.3. The highest BCUT2D eigenvalue weighted by Crippen LogP contribution is 2.27. The van der Waals surface area contributed by atoms with Gasteiger partial charge in [0.1, 0.15) is 0 Å². The number of hydrogen-bond acceptors (Lipinski definition) is 6. The zero-order valence-electron chi connectivity index (χ0n) is 12.9. The summed E-state index contributed by atoms with van der Waals surface area (Å²) in [6.45, 7) is 6.86. The molecule has 1 aromatic rings. The smallest absolute Gasteiger partial charge is 0.257 e. The first-order valence-electron chi connectivity index (χ1n) is 7.77. The van der Waals surface area contributed by atoms with Gasteiger partial charge in [-0.1, -0.05) is 13.3 Å². The van der Waals surface area contributed by atoms with Crippen LogP contribution in [0.2, 0.25) is 0 Å². The maximum atomic E-state index is 5.81. The minimum atomic E-state index is 0.441. The van der Waals surface area contributed by atoms with Gasteiger partial charge in [-0.3, -0.25) is 4.90 Å². The van der Waals surface area contributed by atoms with Crippen molar-refractivity contribution in [2.24, 2.45) is 0 Å². The van der Waals surface area contributed by atoms with Crippen molar-refractivity contribution in [2.75, 3.05) is 44.9 Å². The summed E-state index contributed by atoms with van der Waals surface area (Å²) >= 11 is 0. The number of methoxy groups -OCH3 is 1. The molecule has 6 nitrogen and oxygen atoms in total. The Kier molecular flexibility index (Phi) is 4.55. The Morgan fingerprint density at radius 3 is 2.95 bits per heavy atom. The molecule has 0 aliphatic carbocycles. The van der Waals surface area contributed by atoms with Crippen LogP contribution in [0, 0.1) is 0 Å². The quantitative estimate of drug-likeness (QED) is 0.830. The Morgan fingerprint density at radius 1 is 1.29 bits per heavy atom. The predicted octanol–water partition coefficient (Wildman–Crippen LogP) is 1.17. The summed E-state index contributed by atoms with van der Waals surface area (Å²) in [7, 11) is 1.64. The number of aromatic nitrogens is 2. The third kappa shape index (κ3) is 2.96. The molecule has 2 atom stereocenters. The van der Waals surface area contributed by atoms with E-state index in [1.54, 1.807) is 19.5 Å². The molecule has 0 unspecified atom stereocenters. The number of ether oxygens (including phenoxy) is 2. The molecule has 1 aromatic heterocycles. The molecule has 3 heterocycles. The summed E-state index contributed by atoms with van der Waals surface area (Å²) in [6, 6.07) is 1.01. The van der Waals surface area contributed by atoms with E-state index in [1.807, 2.05) is 0 Å². The molecule has 0 bridgehead atoms. The molecule has 2 aliphatic rings. The topological polar surface area (TPSA) is 50.7 Å². The van der Waals surface area contributed by atoms with Crippen molar-refractivity contribution in [1.29, 1.82) is 0 Å². The number of hydrogen-bond donors (Lipinski definition) is 0. The normalized spacial score (nSPS) is 26.5. The highest BCUT2D eigenvalue weighted by atomic mass is 16.5. The number of fused-ring (bicyclic) bond motifs is 1. The van der Waals surface area contributed by atoms with Gasteiger partial charge < -0.3 is 14.4 Å². The van der Waals surface area contributed by atoms with Gasteiger partial charge in [0.2, 0.25) is 0 Å². The molecule has 2 saturated heterocycles. The fourth-order valence-electron chi connectivity index (χ4n) is 3.39. The van der Waals surface area contributed by atoms with Crippen LogP contribution in [0.1, 0.15) is 19.8 Å². The lowest BCUT2D eigenvalue weighted by molar-refractivity contribution is -0.0558. The lowest BCUT2D eigenvalue weighted by atomic mass is 10.0. The highest BCUT2D eigenvalue weighted by molar-refractivity contribution is 5.48. The summed E-state index contributed by atoms with van der Waals surface area (Å²) in [5.41, 5.74) is 0. The van der Waals surface area contributed by atoms with Crippen LogP contribution in [0.15, 0.2) is 12.4 Å². The molecule has 0 radical (unpaired) electrons. The number of morpholine rings is 1. The molecule has 21 heavy (non-hydrogen) atoms. The molecule has 0 aromatic carbocycles. The van der Waals surface area contributed by atoms with Crippen LogP contribution in [0.25, 0.3) is 0 Å². The zero-order chi connectivity index (χ0) is 14.7. The van der Waals surface area contributed by atoms with Gasteiger partial charge in [-0.05, 0) is 6.42 Å². The second-order valence-corrected chi connectivity index (χ2v) is 5.71. The number of piperazine rings is 1. The molecule has 2 fully saturated rings. The average molecular weight is 292 g/mol. The molecule has 0 spiro atoms. The fourth-order valence-corrected chi connectivity index (χ4v) is 3.39. The van der Waals surface area contributed by atoms with E-state index in [-0.39, 0.29) is 0 Å². The van der Waals surface area contributed by atoms with Crippen molar-refractivity contribution in [3.8, 4) is 5.88 Å². The molecule has 3 rings (SSSR count). The fraction of sp³-hybridized carbons (Fsp3) is 0.733. The standard InChI is InChI=1S/C15H24N4O2/c1-3-4-12-10-21-11-13-9-18(7-8-19(12)13)14-15(20-2)17-6-5-16-14/h5-6,12-13H,3-4,7-11H2,1-2H3/t12-,13+/m0/s1. The molecule has 6 heteroatoms. The van der Waals surface area contributed by atoms with Crippen molar-refractivity contribution < 1.29 is 9.47 Å². The summed E-state index contributed by atoms with van der Waals surface area (Å²) in [5, 5.41) is 0. The maximum absolute atomic E-state index is 5.81. The van der Waals surface area contributed by atoms with Gasteiger partial charge in [0.25, 0.3) is 5.88 Å². The van der Waals surface area contributed by atoms with Crippen molar-refractivity contribution in [3.05, 3.63) is 12.4 Å². The third-order valence-electron chi connectivity index (χ3n) is 4.38. The van der Waals surface area contributed by atoms with E-state index >= 15 is 0 Å². The van der Waals surface area contributed by atoms with E-state index in [2.05, 4.69) is 26.7 Å². The van der Waals surface area contributed by atoms with E-state index in [4.69, 9.17) is 9.47 Å². The van der Waals surface area contributed by atoms with E-state index in [0.717, 1.165) is 38.7 Å². The van der Waals surface area contributed by atoms with E-state index in [9.17, 15) is 0 Å². The van der Waals surface area contributed by atoms with E-state index < -0.39 is 0 Å². The number of anilines is 1. The number of nitrogens with zero attached hydrogens (tertiary/aromatic N) is 4. The van der Waals surface area contributed by atoms with Gasteiger partial charge in [0, 0.05) is 38.1 Å². The Morgan fingerprint density at radius 2 is 2.14 bits per heavy atom. The monoisotopic (exact) mass is 292 g/mol. The van der Waals surface area contributed by atoms with Gasteiger partial charge in [-0.2, -0.15) is 0 Å². The van der Waals surface area contributed by atoms with Gasteiger partial charge in [-0.25, -0.2) is 9.97 Å². The third-order valence-corrected chi connectivity index (χ3v) is 4.38. The average Bonchev–Trinajstić information content (AvgIpc) is 2.55. The van der Waals surface area contributed by atoms with Crippen LogP contribution in [-0.4, -0.2) is 66.9 Å². The van der Waals surface area contributed by atoms with Crippen molar-refractivity contribution >= 4 is 5.82 Å². The lowest BCUT2D eigenvalue weighted by Gasteiger charge is -2.48. The molecule has 116 valence electrons. The maximum Gasteiger partial charge on any atom is 0.257 e. The minimum Gasteiger partial charge on any atom is -0.478 e. The van der Waals surface area contributed by atoms with Crippen LogP contribution < -0.4 is 9.64 Å².